The van der Waals surface area contributed by atoms with E-state index in [1.54, 1.807) is 18.2 Å². The fourth-order valence-electron chi connectivity index (χ4n) is 5.47. The quantitative estimate of drug-likeness (QED) is 0.169. The zero-order chi connectivity index (χ0) is 31.9. The standard InChI is InChI=1S/C27H30N.C12H10N.Ir/c1-25(2,3)19-14-15-28-24(17-19)18-12-13-23-21(16-18)20-10-8-9-11-22(20)26(4,5)27(23,6)7;1-10-7-8-12(13-9-10)11-5-3-2-4-6-11;/h8-11,13-17H,1-7H3;2-5,7-9H,1H3;/q2*-1;/i;1D3;. The molecule has 2 aromatic heterocycles. The van der Waals surface area contributed by atoms with Gasteiger partial charge in [0.25, 0.3) is 0 Å². The van der Waals surface area contributed by atoms with E-state index in [1.807, 2.05) is 24.4 Å². The largest absolute Gasteiger partial charge is 0.305 e. The number of hydrogen-bond donors (Lipinski definition) is 0. The summed E-state index contributed by atoms with van der Waals surface area (Å²) in [4.78, 5) is 8.79. The summed E-state index contributed by atoms with van der Waals surface area (Å²) in [5.41, 5.74) is 10.8. The molecule has 0 saturated carbocycles. The first kappa shape index (κ1) is 27.4. The van der Waals surface area contributed by atoms with Gasteiger partial charge in [0.05, 0.1) is 0 Å². The number of nitrogens with zero attached hydrogens (tertiary/aromatic N) is 2. The summed E-state index contributed by atoms with van der Waals surface area (Å²) >= 11 is 0. The van der Waals surface area contributed by atoms with Crippen molar-refractivity contribution in [2.24, 2.45) is 0 Å². The van der Waals surface area contributed by atoms with Gasteiger partial charge in [-0.2, -0.15) is 0 Å². The van der Waals surface area contributed by atoms with Gasteiger partial charge < -0.3 is 9.97 Å². The van der Waals surface area contributed by atoms with Crippen LogP contribution < -0.4 is 0 Å². The minimum atomic E-state index is -2.09. The molecular weight excluding hydrogens is 689 g/mol. The molecule has 0 atom stereocenters. The van der Waals surface area contributed by atoms with Crippen LogP contribution in [0.25, 0.3) is 33.6 Å². The molecule has 0 unspecified atom stereocenters. The molecule has 2 heterocycles. The number of rotatable bonds is 2. The van der Waals surface area contributed by atoms with Crippen LogP contribution in [0, 0.1) is 19.0 Å². The van der Waals surface area contributed by atoms with Crippen LogP contribution in [0.1, 0.15) is 74.8 Å². The normalized spacial score (nSPS) is 15.7. The molecule has 0 N–H and O–H groups in total. The molecule has 6 rings (SSSR count). The second-order valence-electron chi connectivity index (χ2n) is 12.9. The van der Waals surface area contributed by atoms with E-state index in [1.165, 1.54) is 34.0 Å². The average Bonchev–Trinajstić information content (AvgIpc) is 3.00. The van der Waals surface area contributed by atoms with E-state index in [-0.39, 0.29) is 41.9 Å². The molecule has 0 spiro atoms. The Hall–Kier alpha value is -3.39. The Kier molecular flexibility index (Phi) is 7.89. The molecular formula is C39H40IrN2-2. The van der Waals surface area contributed by atoms with Crippen LogP contribution in [0.4, 0.5) is 0 Å². The SMILES string of the molecule is CC(C)(C)c1ccnc(-c2[c-]cc3c(c2)-c2ccccc2C(C)(C)C3(C)C)c1.[2H]C([2H])([2H])c1ccc(-c2[c-]cccc2)nc1.[Ir]. The second-order valence-corrected chi connectivity index (χ2v) is 12.9. The van der Waals surface area contributed by atoms with Crippen molar-refractivity contribution in [3.63, 3.8) is 0 Å². The summed E-state index contributed by atoms with van der Waals surface area (Å²) in [6.07, 6.45) is 3.31. The summed E-state index contributed by atoms with van der Waals surface area (Å²) in [6.45, 7) is 14.1. The van der Waals surface area contributed by atoms with Crippen molar-refractivity contribution < 1.29 is 24.2 Å². The van der Waals surface area contributed by atoms with Crippen LogP contribution in [0.2, 0.25) is 0 Å². The molecule has 0 fully saturated rings. The van der Waals surface area contributed by atoms with E-state index in [2.05, 4.69) is 119 Å². The van der Waals surface area contributed by atoms with E-state index in [0.29, 0.717) is 0 Å². The van der Waals surface area contributed by atoms with Crippen LogP contribution in [0.15, 0.2) is 97.3 Å². The van der Waals surface area contributed by atoms with Crippen LogP contribution in [0.3, 0.4) is 0 Å². The van der Waals surface area contributed by atoms with Gasteiger partial charge in [0.1, 0.15) is 0 Å². The van der Waals surface area contributed by atoms with Gasteiger partial charge in [-0.1, -0.05) is 96.5 Å². The molecule has 0 bridgehead atoms. The molecule has 0 aliphatic heterocycles. The van der Waals surface area contributed by atoms with Gasteiger partial charge in [-0.05, 0) is 62.8 Å². The smallest absolute Gasteiger partial charge is 0.0280 e. The summed E-state index contributed by atoms with van der Waals surface area (Å²) in [5.74, 6) is 0. The van der Waals surface area contributed by atoms with Crippen molar-refractivity contribution in [3.05, 3.63) is 132 Å². The summed E-state index contributed by atoms with van der Waals surface area (Å²) in [6, 6.07) is 35.0. The van der Waals surface area contributed by atoms with E-state index in [4.69, 9.17) is 4.11 Å². The monoisotopic (exact) mass is 732 g/mol. The van der Waals surface area contributed by atoms with Gasteiger partial charge in [-0.3, -0.25) is 0 Å². The van der Waals surface area contributed by atoms with E-state index >= 15 is 0 Å². The molecule has 1 radical (unpaired) electrons. The predicted octanol–water partition coefficient (Wildman–Crippen LogP) is 9.94. The second kappa shape index (κ2) is 12.1. The maximum Gasteiger partial charge on any atom is 0.0280 e. The number of hydrogen-bond acceptors (Lipinski definition) is 2. The third-order valence-corrected chi connectivity index (χ3v) is 8.73. The third kappa shape index (κ3) is 6.05. The number of aromatic nitrogens is 2. The molecule has 1 aliphatic carbocycles. The molecule has 0 saturated heterocycles. The Bertz CT molecular complexity index is 1770. The zero-order valence-corrected chi connectivity index (χ0v) is 27.9. The third-order valence-electron chi connectivity index (χ3n) is 8.73. The Morgan fingerprint density at radius 1 is 0.714 bits per heavy atom. The van der Waals surface area contributed by atoms with Crippen molar-refractivity contribution in [2.75, 3.05) is 0 Å². The molecule has 3 aromatic carbocycles. The number of fused-ring (bicyclic) bond motifs is 3. The molecule has 217 valence electrons. The van der Waals surface area contributed by atoms with Crippen molar-refractivity contribution in [1.82, 2.24) is 9.97 Å². The first-order valence-corrected chi connectivity index (χ1v) is 14.2. The number of pyridine rings is 2. The predicted molar refractivity (Wildman–Crippen MR) is 172 cm³/mol. The van der Waals surface area contributed by atoms with Gasteiger partial charge in [-0.25, -0.2) is 0 Å². The molecule has 3 heteroatoms. The first-order chi connectivity index (χ1) is 20.6. The fraction of sp³-hybridized carbons (Fsp3) is 0.282. The summed E-state index contributed by atoms with van der Waals surface area (Å²) in [7, 11) is 0. The maximum absolute atomic E-state index is 7.23. The topological polar surface area (TPSA) is 25.8 Å². The fourth-order valence-corrected chi connectivity index (χ4v) is 5.47. The summed E-state index contributed by atoms with van der Waals surface area (Å²) < 4.78 is 21.7. The molecule has 5 aromatic rings. The Balaban J connectivity index is 0.000000231. The van der Waals surface area contributed by atoms with Crippen LogP contribution in [0.5, 0.6) is 0 Å². The zero-order valence-electron chi connectivity index (χ0n) is 28.5. The minimum Gasteiger partial charge on any atom is -0.305 e. The van der Waals surface area contributed by atoms with Gasteiger partial charge in [0.2, 0.25) is 0 Å². The summed E-state index contributed by atoms with van der Waals surface area (Å²) in [5, 5.41) is 0. The van der Waals surface area contributed by atoms with Crippen LogP contribution in [-0.4, -0.2) is 9.97 Å². The number of aryl methyl sites for hydroxylation is 1. The average molecular weight is 732 g/mol. The van der Waals surface area contributed by atoms with E-state index in [9.17, 15) is 0 Å². The van der Waals surface area contributed by atoms with Gasteiger partial charge in [0.15, 0.2) is 0 Å². The van der Waals surface area contributed by atoms with E-state index < -0.39 is 6.85 Å². The molecule has 1 aliphatic rings. The molecule has 2 nitrogen and oxygen atoms in total. The van der Waals surface area contributed by atoms with Gasteiger partial charge in [0, 0.05) is 36.6 Å². The molecule has 0 amide bonds. The van der Waals surface area contributed by atoms with Gasteiger partial charge >= 0.3 is 0 Å². The minimum absolute atomic E-state index is 0. The van der Waals surface area contributed by atoms with Crippen molar-refractivity contribution >= 4 is 0 Å². The Morgan fingerprint density at radius 3 is 2.12 bits per heavy atom. The first-order valence-electron chi connectivity index (χ1n) is 15.7. The number of benzene rings is 3. The van der Waals surface area contributed by atoms with Crippen molar-refractivity contribution in [2.45, 2.75) is 71.6 Å². The van der Waals surface area contributed by atoms with Crippen molar-refractivity contribution in [3.8, 4) is 33.6 Å². The van der Waals surface area contributed by atoms with Crippen LogP contribution >= 0.6 is 0 Å². The van der Waals surface area contributed by atoms with Crippen LogP contribution in [-0.2, 0) is 36.4 Å². The Labute approximate surface area is 270 Å². The van der Waals surface area contributed by atoms with E-state index in [0.717, 1.165) is 22.5 Å². The van der Waals surface area contributed by atoms with Crippen molar-refractivity contribution in [1.29, 1.82) is 0 Å². The maximum atomic E-state index is 7.23. The molecule has 42 heavy (non-hydrogen) atoms. The Morgan fingerprint density at radius 2 is 1.45 bits per heavy atom. The van der Waals surface area contributed by atoms with Gasteiger partial charge in [-0.15, -0.1) is 65.2 Å².